The molecule has 8 nitrogen and oxygen atoms in total. The highest BCUT2D eigenvalue weighted by Crippen LogP contribution is 2.33. The Labute approximate surface area is 144 Å². The molecule has 0 radical (unpaired) electrons. The molecule has 0 saturated carbocycles. The van der Waals surface area contributed by atoms with Crippen molar-refractivity contribution in [1.82, 2.24) is 24.8 Å². The number of pyridine rings is 1. The summed E-state index contributed by atoms with van der Waals surface area (Å²) in [5.41, 5.74) is 8.62. The third-order valence-electron chi connectivity index (χ3n) is 3.57. The zero-order chi connectivity index (χ0) is 16.7. The smallest absolute Gasteiger partial charge is 0.199 e. The van der Waals surface area contributed by atoms with Gasteiger partial charge in [0.2, 0.25) is 0 Å². The van der Waals surface area contributed by atoms with Gasteiger partial charge < -0.3 is 10.5 Å². The Kier molecular flexibility index (Phi) is 3.42. The van der Waals surface area contributed by atoms with E-state index in [0.29, 0.717) is 17.0 Å². The summed E-state index contributed by atoms with van der Waals surface area (Å²) < 4.78 is 12.7. The first-order valence-corrected chi connectivity index (χ1v) is 7.73. The molecule has 0 amide bonds. The highest BCUT2D eigenvalue weighted by Gasteiger charge is 2.21. The molecule has 24 heavy (non-hydrogen) atoms. The molecule has 120 valence electrons. The van der Waals surface area contributed by atoms with E-state index < -0.39 is 0 Å². The zero-order valence-corrected chi connectivity index (χ0v) is 14.1. The number of imidazole rings is 1. The summed E-state index contributed by atoms with van der Waals surface area (Å²) in [5, 5.41) is 7.51. The van der Waals surface area contributed by atoms with Crippen LogP contribution >= 0.6 is 15.9 Å². The number of nitrogen functional groups attached to an aromatic ring is 1. The summed E-state index contributed by atoms with van der Waals surface area (Å²) in [6.07, 6.45) is 3.38. The second kappa shape index (κ2) is 5.60. The maximum atomic E-state index is 5.86. The molecule has 3 heterocycles. The van der Waals surface area contributed by atoms with Gasteiger partial charge in [0.1, 0.15) is 11.3 Å². The average molecular weight is 387 g/mol. The van der Waals surface area contributed by atoms with Gasteiger partial charge in [0.25, 0.3) is 0 Å². The van der Waals surface area contributed by atoms with E-state index in [1.165, 1.54) is 0 Å². The molecule has 2 N–H and O–H groups in total. The topological polar surface area (TPSA) is 105 Å². The third-order valence-corrected chi connectivity index (χ3v) is 4.15. The summed E-state index contributed by atoms with van der Waals surface area (Å²) in [6, 6.07) is 7.56. The second-order valence-electron chi connectivity index (χ2n) is 4.96. The van der Waals surface area contributed by atoms with Crippen molar-refractivity contribution in [2.75, 3.05) is 12.8 Å². The van der Waals surface area contributed by atoms with E-state index in [2.05, 4.69) is 36.2 Å². The van der Waals surface area contributed by atoms with Crippen LogP contribution in [0.3, 0.4) is 0 Å². The van der Waals surface area contributed by atoms with Crippen LogP contribution in [0.2, 0.25) is 0 Å². The van der Waals surface area contributed by atoms with Crippen molar-refractivity contribution in [3.8, 4) is 23.0 Å². The highest BCUT2D eigenvalue weighted by molar-refractivity contribution is 9.10. The van der Waals surface area contributed by atoms with E-state index in [-0.39, 0.29) is 5.82 Å². The molecule has 4 aromatic rings. The quantitative estimate of drug-likeness (QED) is 0.576. The van der Waals surface area contributed by atoms with E-state index in [1.807, 2.05) is 28.8 Å². The van der Waals surface area contributed by atoms with E-state index in [9.17, 15) is 0 Å². The molecule has 9 heteroatoms. The van der Waals surface area contributed by atoms with E-state index in [0.717, 1.165) is 21.4 Å². The molecule has 0 unspecified atom stereocenters. The number of hydrogen-bond donors (Lipinski definition) is 1. The monoisotopic (exact) mass is 386 g/mol. The van der Waals surface area contributed by atoms with Gasteiger partial charge in [-0.1, -0.05) is 0 Å². The maximum absolute atomic E-state index is 5.86. The summed E-state index contributed by atoms with van der Waals surface area (Å²) >= 11 is 3.53. The first-order chi connectivity index (χ1) is 11.7. The lowest BCUT2D eigenvalue weighted by Crippen LogP contribution is -2.00. The van der Waals surface area contributed by atoms with Crippen molar-refractivity contribution in [3.05, 3.63) is 41.1 Å². The van der Waals surface area contributed by atoms with Gasteiger partial charge in [-0.25, -0.2) is 9.61 Å². The lowest BCUT2D eigenvalue weighted by atomic mass is 10.2. The van der Waals surface area contributed by atoms with Crippen LogP contribution in [0.5, 0.6) is 5.75 Å². The Morgan fingerprint density at radius 1 is 1.17 bits per heavy atom. The van der Waals surface area contributed by atoms with Crippen LogP contribution < -0.4 is 10.5 Å². The molecule has 0 aliphatic carbocycles. The number of aromatic nitrogens is 5. The molecule has 0 atom stereocenters. The van der Waals surface area contributed by atoms with E-state index >= 15 is 0 Å². The number of benzene rings is 1. The van der Waals surface area contributed by atoms with E-state index in [4.69, 9.17) is 15.1 Å². The maximum Gasteiger partial charge on any atom is 0.199 e. The Morgan fingerprint density at radius 2 is 1.96 bits per heavy atom. The number of halogens is 1. The molecule has 4 rings (SSSR count). The first-order valence-electron chi connectivity index (χ1n) is 6.94. The predicted molar refractivity (Wildman–Crippen MR) is 90.8 cm³/mol. The lowest BCUT2D eigenvalue weighted by molar-refractivity contribution is 0.310. The Bertz CT molecular complexity index is 1020. The molecule has 0 aliphatic rings. The number of ether oxygens (including phenoxy) is 1. The van der Waals surface area contributed by atoms with Gasteiger partial charge in [0.05, 0.1) is 23.3 Å². The number of fused-ring (bicyclic) bond motifs is 1. The van der Waals surface area contributed by atoms with Crippen LogP contribution in [0.25, 0.3) is 28.2 Å². The SMILES string of the molecule is COc1ccc(-n2c(-c3nonc3N)nc3cncc(Br)c32)cc1. The molecule has 0 saturated heterocycles. The number of methoxy groups -OCH3 is 1. The van der Waals surface area contributed by atoms with Crippen molar-refractivity contribution in [2.24, 2.45) is 0 Å². The predicted octanol–water partition coefficient (Wildman–Crippen LogP) is 2.82. The Hall–Kier alpha value is -2.94. The minimum atomic E-state index is 0.171. The van der Waals surface area contributed by atoms with Crippen LogP contribution in [0, 0.1) is 0 Å². The summed E-state index contributed by atoms with van der Waals surface area (Å²) in [5.74, 6) is 1.44. The van der Waals surface area contributed by atoms with Crippen molar-refractivity contribution in [2.45, 2.75) is 0 Å². The van der Waals surface area contributed by atoms with Crippen LogP contribution in [0.4, 0.5) is 5.82 Å². The summed E-state index contributed by atoms with van der Waals surface area (Å²) in [7, 11) is 1.62. The van der Waals surface area contributed by atoms with Crippen LogP contribution in [0.1, 0.15) is 0 Å². The summed E-state index contributed by atoms with van der Waals surface area (Å²) in [6.45, 7) is 0. The van der Waals surface area contributed by atoms with Crippen LogP contribution in [-0.4, -0.2) is 32.0 Å². The van der Waals surface area contributed by atoms with E-state index in [1.54, 1.807) is 19.5 Å². The molecule has 1 aromatic carbocycles. The molecular formula is C15H11BrN6O2. The lowest BCUT2D eigenvalue weighted by Gasteiger charge is -2.09. The second-order valence-corrected chi connectivity index (χ2v) is 5.81. The number of nitrogens with two attached hydrogens (primary N) is 1. The fourth-order valence-electron chi connectivity index (χ4n) is 2.48. The molecule has 3 aromatic heterocycles. The van der Waals surface area contributed by atoms with Crippen molar-refractivity contribution in [3.63, 3.8) is 0 Å². The van der Waals surface area contributed by atoms with Crippen molar-refractivity contribution in [1.29, 1.82) is 0 Å². The molecular weight excluding hydrogens is 376 g/mol. The minimum absolute atomic E-state index is 0.171. The number of hydrogen-bond acceptors (Lipinski definition) is 7. The molecule has 0 bridgehead atoms. The van der Waals surface area contributed by atoms with Crippen molar-refractivity contribution < 1.29 is 9.37 Å². The Balaban J connectivity index is 2.05. The van der Waals surface area contributed by atoms with Gasteiger partial charge in [-0.05, 0) is 50.5 Å². The standard InChI is InChI=1S/C15H11BrN6O2/c1-23-9-4-2-8(3-5-9)22-13-10(16)6-18-7-11(13)19-15(22)12-14(17)21-24-20-12/h2-7H,1H3,(H2,17,21). The third kappa shape index (κ3) is 2.21. The van der Waals surface area contributed by atoms with Gasteiger partial charge in [0.15, 0.2) is 17.3 Å². The molecule has 0 aliphatic heterocycles. The number of rotatable bonds is 3. The van der Waals surface area contributed by atoms with Gasteiger partial charge in [-0.2, -0.15) is 0 Å². The van der Waals surface area contributed by atoms with Gasteiger partial charge in [0, 0.05) is 11.9 Å². The highest BCUT2D eigenvalue weighted by atomic mass is 79.9. The number of nitrogens with zero attached hydrogens (tertiary/aromatic N) is 5. The fraction of sp³-hybridized carbons (Fsp3) is 0.0667. The van der Waals surface area contributed by atoms with Gasteiger partial charge in [-0.3, -0.25) is 9.55 Å². The normalized spacial score (nSPS) is 11.1. The van der Waals surface area contributed by atoms with Crippen LogP contribution in [0.15, 0.2) is 45.8 Å². The molecule has 0 fully saturated rings. The molecule has 0 spiro atoms. The zero-order valence-electron chi connectivity index (χ0n) is 12.5. The Morgan fingerprint density at radius 3 is 2.62 bits per heavy atom. The van der Waals surface area contributed by atoms with Gasteiger partial charge in [-0.15, -0.1) is 0 Å². The fourth-order valence-corrected chi connectivity index (χ4v) is 2.98. The average Bonchev–Trinajstić information content (AvgIpc) is 3.19. The first kappa shape index (κ1) is 14.6. The van der Waals surface area contributed by atoms with Crippen molar-refractivity contribution >= 4 is 32.8 Å². The van der Waals surface area contributed by atoms with Gasteiger partial charge >= 0.3 is 0 Å². The summed E-state index contributed by atoms with van der Waals surface area (Å²) in [4.78, 5) is 8.75. The largest absolute Gasteiger partial charge is 0.497 e. The number of anilines is 1. The minimum Gasteiger partial charge on any atom is -0.497 e. The van der Waals surface area contributed by atoms with Crippen LogP contribution in [-0.2, 0) is 0 Å².